The molecule has 23 heavy (non-hydrogen) atoms. The van der Waals surface area contributed by atoms with Gasteiger partial charge in [0.25, 0.3) is 5.69 Å². The standard InChI is InChI=1S/C15H12N4O4/c20-18(21)11-6-8-14(15(9-11)19(22)23)17-16-13-7-5-10-3-1-2-4-12(10)13/h1-4,6,8-9,17H,5,7H2/b16-13+. The number of nitro groups is 2. The molecule has 1 aliphatic carbocycles. The molecule has 0 unspecified atom stereocenters. The van der Waals surface area contributed by atoms with E-state index in [1.54, 1.807) is 0 Å². The predicted molar refractivity (Wildman–Crippen MR) is 84.7 cm³/mol. The summed E-state index contributed by atoms with van der Waals surface area (Å²) in [6, 6.07) is 11.3. The monoisotopic (exact) mass is 312 g/mol. The van der Waals surface area contributed by atoms with Crippen LogP contribution in [0.4, 0.5) is 17.1 Å². The highest BCUT2D eigenvalue weighted by molar-refractivity contribution is 6.04. The van der Waals surface area contributed by atoms with Crippen molar-refractivity contribution in [3.8, 4) is 0 Å². The van der Waals surface area contributed by atoms with Crippen LogP contribution in [0.25, 0.3) is 0 Å². The summed E-state index contributed by atoms with van der Waals surface area (Å²) in [6.45, 7) is 0. The number of nitro benzene ring substituents is 2. The molecule has 2 aromatic carbocycles. The normalized spacial score (nSPS) is 14.5. The lowest BCUT2D eigenvalue weighted by molar-refractivity contribution is -0.393. The number of nitrogens with zero attached hydrogens (tertiary/aromatic N) is 3. The van der Waals surface area contributed by atoms with Crippen molar-refractivity contribution in [3.05, 3.63) is 73.8 Å². The molecule has 0 amide bonds. The van der Waals surface area contributed by atoms with Gasteiger partial charge in [-0.15, -0.1) is 0 Å². The van der Waals surface area contributed by atoms with E-state index in [1.807, 2.05) is 24.3 Å². The second-order valence-corrected chi connectivity index (χ2v) is 5.04. The summed E-state index contributed by atoms with van der Waals surface area (Å²) < 4.78 is 0. The summed E-state index contributed by atoms with van der Waals surface area (Å²) in [6.07, 6.45) is 1.62. The maximum atomic E-state index is 11.1. The van der Waals surface area contributed by atoms with Crippen molar-refractivity contribution < 1.29 is 9.85 Å². The van der Waals surface area contributed by atoms with Gasteiger partial charge in [0.2, 0.25) is 0 Å². The third-order valence-electron chi connectivity index (χ3n) is 3.66. The van der Waals surface area contributed by atoms with Gasteiger partial charge in [0.05, 0.1) is 21.6 Å². The quantitative estimate of drug-likeness (QED) is 0.688. The van der Waals surface area contributed by atoms with Gasteiger partial charge in [-0.05, 0) is 24.5 Å². The first-order chi connectivity index (χ1) is 11.1. The first-order valence-corrected chi connectivity index (χ1v) is 6.90. The number of aryl methyl sites for hydroxylation is 1. The van der Waals surface area contributed by atoms with Gasteiger partial charge in [-0.3, -0.25) is 25.7 Å². The Labute approximate surface area is 130 Å². The molecule has 0 atom stereocenters. The van der Waals surface area contributed by atoms with Gasteiger partial charge in [-0.2, -0.15) is 5.10 Å². The zero-order chi connectivity index (χ0) is 16.4. The molecule has 8 nitrogen and oxygen atoms in total. The summed E-state index contributed by atoms with van der Waals surface area (Å²) in [7, 11) is 0. The third kappa shape index (κ3) is 2.86. The lowest BCUT2D eigenvalue weighted by Gasteiger charge is -2.04. The Balaban J connectivity index is 1.91. The summed E-state index contributed by atoms with van der Waals surface area (Å²) in [5.74, 6) is 0. The number of hydrazone groups is 1. The second-order valence-electron chi connectivity index (χ2n) is 5.04. The summed E-state index contributed by atoms with van der Waals surface area (Å²) in [5, 5.41) is 26.1. The number of rotatable bonds is 4. The minimum atomic E-state index is -0.671. The molecule has 0 saturated heterocycles. The van der Waals surface area contributed by atoms with Crippen LogP contribution in [0.15, 0.2) is 47.6 Å². The third-order valence-corrected chi connectivity index (χ3v) is 3.66. The topological polar surface area (TPSA) is 111 Å². The molecule has 1 aliphatic rings. The highest BCUT2D eigenvalue weighted by Gasteiger charge is 2.21. The van der Waals surface area contributed by atoms with Crippen molar-refractivity contribution in [3.63, 3.8) is 0 Å². The Hall–Kier alpha value is -3.29. The largest absolute Gasteiger partial charge is 0.301 e. The number of anilines is 1. The van der Waals surface area contributed by atoms with Crippen LogP contribution in [-0.2, 0) is 6.42 Å². The van der Waals surface area contributed by atoms with Gasteiger partial charge in [0.1, 0.15) is 5.69 Å². The van der Waals surface area contributed by atoms with Crippen LogP contribution < -0.4 is 5.43 Å². The van der Waals surface area contributed by atoms with E-state index in [-0.39, 0.29) is 17.1 Å². The van der Waals surface area contributed by atoms with E-state index < -0.39 is 9.85 Å². The van der Waals surface area contributed by atoms with E-state index in [1.165, 1.54) is 17.7 Å². The Bertz CT molecular complexity index is 832. The number of nitrogens with one attached hydrogen (secondary N) is 1. The lowest BCUT2D eigenvalue weighted by Crippen LogP contribution is -2.02. The number of hydrogen-bond donors (Lipinski definition) is 1. The van der Waals surface area contributed by atoms with E-state index in [0.29, 0.717) is 0 Å². The zero-order valence-electron chi connectivity index (χ0n) is 11.9. The van der Waals surface area contributed by atoms with Gasteiger partial charge in [-0.1, -0.05) is 24.3 Å². The molecule has 0 aromatic heterocycles. The fourth-order valence-electron chi connectivity index (χ4n) is 2.53. The van der Waals surface area contributed by atoms with E-state index in [4.69, 9.17) is 0 Å². The second kappa shape index (κ2) is 5.84. The molecular weight excluding hydrogens is 300 g/mol. The van der Waals surface area contributed by atoms with E-state index in [0.717, 1.165) is 30.2 Å². The highest BCUT2D eigenvalue weighted by Crippen LogP contribution is 2.29. The summed E-state index contributed by atoms with van der Waals surface area (Å²) >= 11 is 0. The number of benzene rings is 2. The van der Waals surface area contributed by atoms with Crippen LogP contribution in [0, 0.1) is 20.2 Å². The maximum absolute atomic E-state index is 11.1. The molecule has 8 heteroatoms. The molecule has 0 heterocycles. The molecular formula is C15H12N4O4. The molecule has 0 radical (unpaired) electrons. The molecule has 3 rings (SSSR count). The fraction of sp³-hybridized carbons (Fsp3) is 0.133. The number of hydrogen-bond acceptors (Lipinski definition) is 6. The minimum absolute atomic E-state index is 0.123. The fourth-order valence-corrected chi connectivity index (χ4v) is 2.53. The van der Waals surface area contributed by atoms with Crippen molar-refractivity contribution in [2.75, 3.05) is 5.43 Å². The molecule has 0 saturated carbocycles. The van der Waals surface area contributed by atoms with E-state index in [9.17, 15) is 20.2 Å². The Morgan fingerprint density at radius 3 is 2.52 bits per heavy atom. The molecule has 2 aromatic rings. The van der Waals surface area contributed by atoms with Crippen molar-refractivity contribution in [1.82, 2.24) is 0 Å². The van der Waals surface area contributed by atoms with Crippen LogP contribution in [0.2, 0.25) is 0 Å². The highest BCUT2D eigenvalue weighted by atomic mass is 16.6. The SMILES string of the molecule is O=[N+]([O-])c1ccc(N/N=C2\CCc3ccccc32)c([N+](=O)[O-])c1. The minimum Gasteiger partial charge on any atom is -0.271 e. The number of fused-ring (bicyclic) bond motifs is 1. The van der Waals surface area contributed by atoms with Gasteiger partial charge in [0, 0.05) is 11.6 Å². The first kappa shape index (κ1) is 14.6. The molecule has 116 valence electrons. The zero-order valence-corrected chi connectivity index (χ0v) is 11.9. The molecule has 0 bridgehead atoms. The first-order valence-electron chi connectivity index (χ1n) is 6.90. The van der Waals surface area contributed by atoms with Crippen molar-refractivity contribution in [2.24, 2.45) is 5.10 Å². The lowest BCUT2D eigenvalue weighted by atomic mass is 10.1. The molecule has 0 aliphatic heterocycles. The summed E-state index contributed by atoms with van der Waals surface area (Å²) in [5.41, 5.74) is 5.10. The Kier molecular flexibility index (Phi) is 3.71. The van der Waals surface area contributed by atoms with Gasteiger partial charge >= 0.3 is 5.69 Å². The van der Waals surface area contributed by atoms with Crippen molar-refractivity contribution in [2.45, 2.75) is 12.8 Å². The van der Waals surface area contributed by atoms with Gasteiger partial charge < -0.3 is 0 Å². The smallest absolute Gasteiger partial charge is 0.271 e. The average Bonchev–Trinajstić information content (AvgIpc) is 2.95. The molecule has 0 fully saturated rings. The molecule has 1 N–H and O–H groups in total. The summed E-state index contributed by atoms with van der Waals surface area (Å²) in [4.78, 5) is 20.5. The van der Waals surface area contributed by atoms with E-state index >= 15 is 0 Å². The molecule has 0 spiro atoms. The van der Waals surface area contributed by atoms with Crippen LogP contribution in [-0.4, -0.2) is 15.6 Å². The van der Waals surface area contributed by atoms with Crippen molar-refractivity contribution in [1.29, 1.82) is 0 Å². The van der Waals surface area contributed by atoms with Crippen LogP contribution in [0.1, 0.15) is 17.5 Å². The predicted octanol–water partition coefficient (Wildman–Crippen LogP) is 3.27. The van der Waals surface area contributed by atoms with Crippen molar-refractivity contribution >= 4 is 22.8 Å². The Morgan fingerprint density at radius 1 is 1.00 bits per heavy atom. The number of non-ortho nitro benzene ring substituents is 1. The van der Waals surface area contributed by atoms with Crippen LogP contribution in [0.5, 0.6) is 0 Å². The maximum Gasteiger partial charge on any atom is 0.301 e. The average molecular weight is 312 g/mol. The van der Waals surface area contributed by atoms with Crippen LogP contribution >= 0.6 is 0 Å². The van der Waals surface area contributed by atoms with E-state index in [2.05, 4.69) is 10.5 Å². The Morgan fingerprint density at radius 2 is 1.78 bits per heavy atom. The van der Waals surface area contributed by atoms with Crippen LogP contribution in [0.3, 0.4) is 0 Å². The van der Waals surface area contributed by atoms with Gasteiger partial charge in [-0.25, -0.2) is 0 Å². The van der Waals surface area contributed by atoms with Gasteiger partial charge in [0.15, 0.2) is 0 Å².